The second kappa shape index (κ2) is 5.17. The quantitative estimate of drug-likeness (QED) is 0.806. The largest absolute Gasteiger partial charge is 0.347 e. The summed E-state index contributed by atoms with van der Waals surface area (Å²) in [6.07, 6.45) is 4.10. The molecule has 0 spiro atoms. The fraction of sp³-hybridized carbons (Fsp3) is 0.571. The second-order valence-corrected chi connectivity index (χ2v) is 5.87. The molecule has 2 heterocycles. The van der Waals surface area contributed by atoms with Gasteiger partial charge in [0.05, 0.1) is 23.8 Å². The monoisotopic (exact) mass is 262 g/mol. The van der Waals surface area contributed by atoms with Crippen LogP contribution in [0.1, 0.15) is 32.2 Å². The van der Waals surface area contributed by atoms with E-state index in [4.69, 9.17) is 0 Å². The van der Waals surface area contributed by atoms with Gasteiger partial charge in [-0.05, 0) is 20.8 Å². The Kier molecular flexibility index (Phi) is 3.75. The number of nitrogens with one attached hydrogen (secondary N) is 2. The van der Waals surface area contributed by atoms with Crippen molar-refractivity contribution in [1.29, 1.82) is 0 Å². The van der Waals surface area contributed by atoms with E-state index in [0.717, 1.165) is 11.4 Å². The number of fused-ring (bicyclic) bond motifs is 1. The molecule has 0 fully saturated rings. The van der Waals surface area contributed by atoms with Gasteiger partial charge in [-0.1, -0.05) is 6.08 Å². The third kappa shape index (κ3) is 2.87. The summed E-state index contributed by atoms with van der Waals surface area (Å²) < 4.78 is 0. The number of amides is 1. The summed E-state index contributed by atoms with van der Waals surface area (Å²) in [5, 5.41) is 3.28. The van der Waals surface area contributed by atoms with Gasteiger partial charge in [0.25, 0.3) is 0 Å². The van der Waals surface area contributed by atoms with Crippen molar-refractivity contribution < 1.29 is 4.79 Å². The minimum absolute atomic E-state index is 0.112. The first kappa shape index (κ1) is 13.8. The Morgan fingerprint density at radius 1 is 1.63 bits per heavy atom. The van der Waals surface area contributed by atoms with Crippen LogP contribution in [-0.2, 0) is 17.8 Å². The molecule has 1 aromatic rings. The van der Waals surface area contributed by atoms with Crippen LogP contribution < -0.4 is 5.32 Å². The summed E-state index contributed by atoms with van der Waals surface area (Å²) in [6, 6.07) is -0.199. The number of rotatable bonds is 3. The van der Waals surface area contributed by atoms with Crippen molar-refractivity contribution >= 4 is 5.91 Å². The lowest BCUT2D eigenvalue weighted by molar-refractivity contribution is -0.137. The molecule has 1 amide bonds. The molecule has 2 rings (SSSR count). The first-order chi connectivity index (χ1) is 8.93. The average Bonchev–Trinajstić information content (AvgIpc) is 2.80. The number of aromatic amines is 1. The third-order valence-electron chi connectivity index (χ3n) is 3.42. The Labute approximate surface area is 114 Å². The number of H-pyrrole nitrogens is 1. The molecule has 0 radical (unpaired) electrons. The standard InChI is InChI=1S/C14H22N4O/c1-5-6-18(14(2,3)4)13(19)11-7-10-12(8-15-11)17-9-16-10/h5,9,11,15H,1,6-8H2,2-4H3,(H,16,17). The maximum atomic E-state index is 12.6. The highest BCUT2D eigenvalue weighted by Crippen LogP contribution is 2.19. The molecule has 0 aliphatic carbocycles. The van der Waals surface area contributed by atoms with Crippen molar-refractivity contribution in [3.63, 3.8) is 0 Å². The van der Waals surface area contributed by atoms with Crippen molar-refractivity contribution in [3.8, 4) is 0 Å². The van der Waals surface area contributed by atoms with E-state index in [9.17, 15) is 4.79 Å². The van der Waals surface area contributed by atoms with Crippen LogP contribution in [0.15, 0.2) is 19.0 Å². The average molecular weight is 262 g/mol. The Morgan fingerprint density at radius 3 is 3.00 bits per heavy atom. The molecule has 0 bridgehead atoms. The van der Waals surface area contributed by atoms with Gasteiger partial charge in [-0.15, -0.1) is 6.58 Å². The van der Waals surface area contributed by atoms with Crippen LogP contribution in [0, 0.1) is 0 Å². The van der Waals surface area contributed by atoms with Crippen molar-refractivity contribution in [3.05, 3.63) is 30.4 Å². The summed E-state index contributed by atoms with van der Waals surface area (Å²) in [5.41, 5.74) is 1.86. The minimum atomic E-state index is -0.210. The van der Waals surface area contributed by atoms with Gasteiger partial charge in [0.1, 0.15) is 0 Å². The van der Waals surface area contributed by atoms with E-state index in [1.54, 1.807) is 12.4 Å². The Balaban J connectivity index is 2.13. The van der Waals surface area contributed by atoms with E-state index >= 15 is 0 Å². The summed E-state index contributed by atoms with van der Waals surface area (Å²) in [5.74, 6) is 0.112. The van der Waals surface area contributed by atoms with Gasteiger partial charge in [0.15, 0.2) is 0 Å². The van der Waals surface area contributed by atoms with Gasteiger partial charge < -0.3 is 9.88 Å². The molecule has 19 heavy (non-hydrogen) atoms. The lowest BCUT2D eigenvalue weighted by atomic mass is 10.00. The van der Waals surface area contributed by atoms with Crippen molar-refractivity contribution in [2.24, 2.45) is 0 Å². The Hall–Kier alpha value is -1.62. The van der Waals surface area contributed by atoms with Gasteiger partial charge in [-0.2, -0.15) is 0 Å². The number of aromatic nitrogens is 2. The van der Waals surface area contributed by atoms with Crippen LogP contribution in [0.4, 0.5) is 0 Å². The summed E-state index contributed by atoms with van der Waals surface area (Å²) in [7, 11) is 0. The number of hydrogen-bond acceptors (Lipinski definition) is 3. The number of hydrogen-bond donors (Lipinski definition) is 2. The predicted octanol–water partition coefficient (Wildman–Crippen LogP) is 1.24. The summed E-state index contributed by atoms with van der Waals surface area (Å²) >= 11 is 0. The van der Waals surface area contributed by atoms with E-state index < -0.39 is 0 Å². The minimum Gasteiger partial charge on any atom is -0.347 e. The molecule has 5 heteroatoms. The van der Waals surface area contributed by atoms with E-state index in [1.165, 1.54) is 0 Å². The predicted molar refractivity (Wildman–Crippen MR) is 74.6 cm³/mol. The van der Waals surface area contributed by atoms with Crippen LogP contribution in [-0.4, -0.2) is 38.9 Å². The highest BCUT2D eigenvalue weighted by Gasteiger charge is 2.33. The number of nitrogens with zero attached hydrogens (tertiary/aromatic N) is 2. The molecule has 0 aromatic carbocycles. The maximum Gasteiger partial charge on any atom is 0.240 e. The van der Waals surface area contributed by atoms with Gasteiger partial charge in [0.2, 0.25) is 5.91 Å². The molecular weight excluding hydrogens is 240 g/mol. The van der Waals surface area contributed by atoms with Crippen LogP contribution in [0.2, 0.25) is 0 Å². The summed E-state index contributed by atoms with van der Waals surface area (Å²) in [4.78, 5) is 21.9. The third-order valence-corrected chi connectivity index (χ3v) is 3.42. The van der Waals surface area contributed by atoms with E-state index in [2.05, 4.69) is 21.9 Å². The fourth-order valence-corrected chi connectivity index (χ4v) is 2.36. The smallest absolute Gasteiger partial charge is 0.240 e. The van der Waals surface area contributed by atoms with Gasteiger partial charge in [0, 0.05) is 25.0 Å². The van der Waals surface area contributed by atoms with Crippen LogP contribution >= 0.6 is 0 Å². The zero-order valence-corrected chi connectivity index (χ0v) is 11.9. The zero-order chi connectivity index (χ0) is 14.0. The molecule has 1 aromatic heterocycles. The van der Waals surface area contributed by atoms with E-state index in [1.807, 2.05) is 25.7 Å². The van der Waals surface area contributed by atoms with E-state index in [-0.39, 0.29) is 17.5 Å². The van der Waals surface area contributed by atoms with Crippen LogP contribution in [0.5, 0.6) is 0 Å². The van der Waals surface area contributed by atoms with Gasteiger partial charge in [-0.25, -0.2) is 4.98 Å². The maximum absolute atomic E-state index is 12.6. The highest BCUT2D eigenvalue weighted by atomic mass is 16.2. The fourth-order valence-electron chi connectivity index (χ4n) is 2.36. The molecule has 2 N–H and O–H groups in total. The molecule has 0 saturated heterocycles. The topological polar surface area (TPSA) is 61.0 Å². The van der Waals surface area contributed by atoms with Crippen molar-refractivity contribution in [1.82, 2.24) is 20.2 Å². The number of carbonyl (C=O) groups is 1. The first-order valence-electron chi connectivity index (χ1n) is 6.60. The second-order valence-electron chi connectivity index (χ2n) is 5.87. The SMILES string of the molecule is C=CCN(C(=O)C1Cc2nc[nH]c2CN1)C(C)(C)C. The molecule has 5 nitrogen and oxygen atoms in total. The van der Waals surface area contributed by atoms with Gasteiger partial charge in [-0.3, -0.25) is 10.1 Å². The molecular formula is C14H22N4O. The van der Waals surface area contributed by atoms with Gasteiger partial charge >= 0.3 is 0 Å². The Bertz CT molecular complexity index is 472. The molecule has 104 valence electrons. The lowest BCUT2D eigenvalue weighted by Gasteiger charge is -2.38. The Morgan fingerprint density at radius 2 is 2.37 bits per heavy atom. The van der Waals surface area contributed by atoms with E-state index in [0.29, 0.717) is 19.5 Å². The molecule has 1 aliphatic heterocycles. The summed E-state index contributed by atoms with van der Waals surface area (Å²) in [6.45, 7) is 11.1. The van der Waals surface area contributed by atoms with Crippen LogP contribution in [0.25, 0.3) is 0 Å². The normalized spacial score (nSPS) is 18.8. The molecule has 0 saturated carbocycles. The van der Waals surface area contributed by atoms with Crippen LogP contribution in [0.3, 0.4) is 0 Å². The number of imidazole rings is 1. The molecule has 1 atom stereocenters. The number of carbonyl (C=O) groups excluding carboxylic acids is 1. The first-order valence-corrected chi connectivity index (χ1v) is 6.60. The van der Waals surface area contributed by atoms with Crippen molar-refractivity contribution in [2.45, 2.75) is 45.3 Å². The van der Waals surface area contributed by atoms with Crippen molar-refractivity contribution in [2.75, 3.05) is 6.54 Å². The highest BCUT2D eigenvalue weighted by molar-refractivity contribution is 5.83. The lowest BCUT2D eigenvalue weighted by Crippen LogP contribution is -2.55. The molecule has 1 unspecified atom stereocenters. The molecule has 1 aliphatic rings. The zero-order valence-electron chi connectivity index (χ0n) is 11.9.